The SMILES string of the molecule is Cc1ccc2c(c1)OC(=O)[C@@H](NC(=O)c1ccccc1)[C@H]2c1ccccc1. The third-order valence-electron chi connectivity index (χ3n) is 4.78. The lowest BCUT2D eigenvalue weighted by atomic mass is 9.82. The molecule has 0 unspecified atom stereocenters. The van der Waals surface area contributed by atoms with E-state index in [4.69, 9.17) is 4.74 Å². The predicted molar refractivity (Wildman–Crippen MR) is 103 cm³/mol. The standard InChI is InChI=1S/C23H19NO3/c1-15-12-13-18-19(14-15)27-23(26)21(20(18)16-8-4-2-5-9-16)24-22(25)17-10-6-3-7-11-17/h2-14,20-21H,1H3,(H,24,25)/t20-,21-/m0/s1. The number of fused-ring (bicyclic) bond motifs is 1. The van der Waals surface area contributed by atoms with Gasteiger partial charge in [0.2, 0.25) is 0 Å². The molecule has 0 saturated carbocycles. The van der Waals surface area contributed by atoms with Crippen molar-refractivity contribution in [1.29, 1.82) is 0 Å². The number of hydrogen-bond donors (Lipinski definition) is 1. The van der Waals surface area contributed by atoms with E-state index >= 15 is 0 Å². The second kappa shape index (κ2) is 7.08. The summed E-state index contributed by atoms with van der Waals surface area (Å²) in [5.41, 5.74) is 3.37. The zero-order chi connectivity index (χ0) is 18.8. The topological polar surface area (TPSA) is 55.4 Å². The third-order valence-corrected chi connectivity index (χ3v) is 4.78. The van der Waals surface area contributed by atoms with Crippen LogP contribution in [-0.2, 0) is 4.79 Å². The Kier molecular flexibility index (Phi) is 4.47. The molecule has 0 spiro atoms. The highest BCUT2D eigenvalue weighted by molar-refractivity contribution is 5.98. The van der Waals surface area contributed by atoms with Crippen LogP contribution in [-0.4, -0.2) is 17.9 Å². The first-order valence-corrected chi connectivity index (χ1v) is 8.86. The Balaban J connectivity index is 1.76. The predicted octanol–water partition coefficient (Wildman–Crippen LogP) is 3.84. The molecule has 4 nitrogen and oxygen atoms in total. The number of aryl methyl sites for hydroxylation is 1. The van der Waals surface area contributed by atoms with E-state index in [2.05, 4.69) is 5.32 Å². The average molecular weight is 357 g/mol. The summed E-state index contributed by atoms with van der Waals surface area (Å²) in [7, 11) is 0. The number of amides is 1. The molecule has 1 aliphatic heterocycles. The molecule has 3 aromatic carbocycles. The summed E-state index contributed by atoms with van der Waals surface area (Å²) in [5.74, 6) is -0.505. The number of esters is 1. The van der Waals surface area contributed by atoms with Gasteiger partial charge in [0, 0.05) is 17.0 Å². The molecule has 4 rings (SSSR count). The Morgan fingerprint density at radius 3 is 2.30 bits per heavy atom. The van der Waals surface area contributed by atoms with E-state index in [9.17, 15) is 9.59 Å². The van der Waals surface area contributed by atoms with Gasteiger partial charge in [0.25, 0.3) is 5.91 Å². The zero-order valence-electron chi connectivity index (χ0n) is 14.9. The van der Waals surface area contributed by atoms with Crippen LogP contribution in [0.25, 0.3) is 0 Å². The summed E-state index contributed by atoms with van der Waals surface area (Å²) in [4.78, 5) is 25.5. The van der Waals surface area contributed by atoms with Crippen molar-refractivity contribution in [3.05, 3.63) is 101 Å². The van der Waals surface area contributed by atoms with Crippen LogP contribution in [0.2, 0.25) is 0 Å². The van der Waals surface area contributed by atoms with Crippen molar-refractivity contribution in [2.45, 2.75) is 18.9 Å². The molecule has 1 N–H and O–H groups in total. The zero-order valence-corrected chi connectivity index (χ0v) is 14.9. The Labute approximate surface area is 157 Å². The maximum absolute atomic E-state index is 12.8. The molecule has 0 saturated heterocycles. The highest BCUT2D eigenvalue weighted by Gasteiger charge is 2.39. The maximum atomic E-state index is 12.8. The number of carbonyl (C=O) groups is 2. The van der Waals surface area contributed by atoms with Crippen LogP contribution in [0, 0.1) is 6.92 Å². The van der Waals surface area contributed by atoms with Crippen molar-refractivity contribution in [3.63, 3.8) is 0 Å². The molecular weight excluding hydrogens is 338 g/mol. The van der Waals surface area contributed by atoms with Crippen molar-refractivity contribution < 1.29 is 14.3 Å². The molecule has 4 heteroatoms. The molecule has 3 aromatic rings. The fourth-order valence-electron chi connectivity index (χ4n) is 3.46. The number of carbonyl (C=O) groups excluding carboxylic acids is 2. The normalized spacial score (nSPS) is 18.3. The second-order valence-electron chi connectivity index (χ2n) is 6.67. The van der Waals surface area contributed by atoms with Gasteiger partial charge in [-0.3, -0.25) is 4.79 Å². The molecule has 1 heterocycles. The van der Waals surface area contributed by atoms with E-state index in [1.54, 1.807) is 24.3 Å². The Hall–Kier alpha value is -3.40. The summed E-state index contributed by atoms with van der Waals surface area (Å²) < 4.78 is 5.56. The molecule has 1 aliphatic rings. The summed E-state index contributed by atoms with van der Waals surface area (Å²) in [6.07, 6.45) is 0. The first-order valence-electron chi connectivity index (χ1n) is 8.86. The van der Waals surface area contributed by atoms with Crippen molar-refractivity contribution >= 4 is 11.9 Å². The first-order chi connectivity index (χ1) is 13.1. The van der Waals surface area contributed by atoms with E-state index in [0.29, 0.717) is 11.3 Å². The molecule has 0 bridgehead atoms. The Bertz CT molecular complexity index is 983. The minimum absolute atomic E-state index is 0.297. The van der Waals surface area contributed by atoms with E-state index in [1.807, 2.05) is 61.5 Å². The molecule has 0 fully saturated rings. The van der Waals surface area contributed by atoms with Crippen LogP contribution in [0.15, 0.2) is 78.9 Å². The minimum atomic E-state index is -0.796. The molecular formula is C23H19NO3. The van der Waals surface area contributed by atoms with E-state index < -0.39 is 12.0 Å². The van der Waals surface area contributed by atoms with Crippen LogP contribution in [0.4, 0.5) is 0 Å². The molecule has 1 amide bonds. The van der Waals surface area contributed by atoms with Crippen LogP contribution < -0.4 is 10.1 Å². The Morgan fingerprint density at radius 1 is 0.926 bits per heavy atom. The lowest BCUT2D eigenvalue weighted by molar-refractivity contribution is -0.138. The van der Waals surface area contributed by atoms with Crippen molar-refractivity contribution in [1.82, 2.24) is 5.32 Å². The van der Waals surface area contributed by atoms with Gasteiger partial charge >= 0.3 is 5.97 Å². The van der Waals surface area contributed by atoms with E-state index in [0.717, 1.165) is 16.7 Å². The van der Waals surface area contributed by atoms with Crippen LogP contribution >= 0.6 is 0 Å². The molecule has 0 aliphatic carbocycles. The number of ether oxygens (including phenoxy) is 1. The van der Waals surface area contributed by atoms with Gasteiger partial charge < -0.3 is 10.1 Å². The van der Waals surface area contributed by atoms with Gasteiger partial charge in [-0.1, -0.05) is 60.7 Å². The van der Waals surface area contributed by atoms with Crippen LogP contribution in [0.1, 0.15) is 33.0 Å². The fraction of sp³-hybridized carbons (Fsp3) is 0.130. The smallest absolute Gasteiger partial charge is 0.335 e. The molecule has 2 atom stereocenters. The van der Waals surface area contributed by atoms with Crippen LogP contribution in [0.5, 0.6) is 5.75 Å². The van der Waals surface area contributed by atoms with E-state index in [-0.39, 0.29) is 11.8 Å². The van der Waals surface area contributed by atoms with Gasteiger partial charge in [0.05, 0.1) is 0 Å². The first kappa shape index (κ1) is 17.0. The van der Waals surface area contributed by atoms with Gasteiger partial charge in [0.15, 0.2) is 0 Å². The van der Waals surface area contributed by atoms with Crippen LogP contribution in [0.3, 0.4) is 0 Å². The summed E-state index contributed by atoms with van der Waals surface area (Å²) in [6, 6.07) is 23.6. The molecule has 27 heavy (non-hydrogen) atoms. The number of nitrogens with one attached hydrogen (secondary N) is 1. The van der Waals surface area contributed by atoms with Gasteiger partial charge in [-0.05, 0) is 36.2 Å². The quantitative estimate of drug-likeness (QED) is 0.572. The fourth-order valence-corrected chi connectivity index (χ4v) is 3.46. The lowest BCUT2D eigenvalue weighted by Gasteiger charge is -2.33. The lowest BCUT2D eigenvalue weighted by Crippen LogP contribution is -2.49. The monoisotopic (exact) mass is 357 g/mol. The summed E-state index contributed by atoms with van der Waals surface area (Å²) in [5, 5.41) is 2.88. The minimum Gasteiger partial charge on any atom is -0.425 e. The van der Waals surface area contributed by atoms with Gasteiger partial charge in [0.1, 0.15) is 11.8 Å². The van der Waals surface area contributed by atoms with Crippen molar-refractivity contribution in [2.24, 2.45) is 0 Å². The Morgan fingerprint density at radius 2 is 1.59 bits per heavy atom. The van der Waals surface area contributed by atoms with Gasteiger partial charge in [-0.25, -0.2) is 4.79 Å². The van der Waals surface area contributed by atoms with E-state index in [1.165, 1.54) is 0 Å². The van der Waals surface area contributed by atoms with Gasteiger partial charge in [-0.2, -0.15) is 0 Å². The number of hydrogen-bond acceptors (Lipinski definition) is 3. The maximum Gasteiger partial charge on any atom is 0.335 e. The summed E-state index contributed by atoms with van der Waals surface area (Å²) in [6.45, 7) is 1.95. The highest BCUT2D eigenvalue weighted by Crippen LogP contribution is 2.39. The summed E-state index contributed by atoms with van der Waals surface area (Å²) >= 11 is 0. The largest absolute Gasteiger partial charge is 0.425 e. The number of rotatable bonds is 3. The molecule has 134 valence electrons. The average Bonchev–Trinajstić information content (AvgIpc) is 2.70. The molecule has 0 radical (unpaired) electrons. The number of benzene rings is 3. The molecule has 0 aromatic heterocycles. The third kappa shape index (κ3) is 3.34. The van der Waals surface area contributed by atoms with Crippen molar-refractivity contribution in [3.8, 4) is 5.75 Å². The highest BCUT2D eigenvalue weighted by atomic mass is 16.5. The second-order valence-corrected chi connectivity index (χ2v) is 6.67. The van der Waals surface area contributed by atoms with Crippen molar-refractivity contribution in [2.75, 3.05) is 0 Å². The van der Waals surface area contributed by atoms with Gasteiger partial charge in [-0.15, -0.1) is 0 Å².